The van der Waals surface area contributed by atoms with E-state index in [4.69, 9.17) is 16.3 Å². The molecule has 0 bridgehead atoms. The van der Waals surface area contributed by atoms with E-state index in [1.165, 1.54) is 7.11 Å². The summed E-state index contributed by atoms with van der Waals surface area (Å²) in [4.78, 5) is 25.9. The van der Waals surface area contributed by atoms with E-state index in [0.29, 0.717) is 11.4 Å². The number of methoxy groups -OCH3 is 1. The van der Waals surface area contributed by atoms with Crippen LogP contribution in [0.2, 0.25) is 5.02 Å². The zero-order valence-corrected chi connectivity index (χ0v) is 15.9. The zero-order chi connectivity index (χ0) is 19.0. The number of carbonyl (C=O) groups is 2. The normalized spacial score (nSPS) is 30.0. The number of ketones is 1. The largest absolute Gasteiger partial charge is 0.468 e. The van der Waals surface area contributed by atoms with Gasteiger partial charge in [0, 0.05) is 23.4 Å². The fraction of sp³-hybridized carbons (Fsp3) is 0.364. The Bertz CT molecular complexity index is 852. The van der Waals surface area contributed by atoms with Crippen molar-refractivity contribution in [3.05, 3.63) is 70.7 Å². The Morgan fingerprint density at radius 1 is 1.11 bits per heavy atom. The number of hydrogen-bond donors (Lipinski definition) is 1. The van der Waals surface area contributed by atoms with Crippen LogP contribution >= 0.6 is 11.6 Å². The lowest BCUT2D eigenvalue weighted by Gasteiger charge is -2.35. The fourth-order valence-corrected chi connectivity index (χ4v) is 5.11. The highest BCUT2D eigenvalue weighted by atomic mass is 35.5. The van der Waals surface area contributed by atoms with Crippen molar-refractivity contribution < 1.29 is 14.3 Å². The number of Topliss-reactive ketones (excluding diaryl/α,β-unsaturated/α-hetero) is 1. The minimum Gasteiger partial charge on any atom is -0.468 e. The van der Waals surface area contributed by atoms with Crippen molar-refractivity contribution in [1.29, 1.82) is 0 Å². The number of benzene rings is 2. The molecule has 1 heterocycles. The van der Waals surface area contributed by atoms with Crippen molar-refractivity contribution in [2.45, 2.75) is 37.3 Å². The average molecular weight is 384 g/mol. The number of ether oxygens (including phenoxy) is 1. The van der Waals surface area contributed by atoms with Gasteiger partial charge >= 0.3 is 5.97 Å². The predicted octanol–water partition coefficient (Wildman–Crippen LogP) is 4.05. The van der Waals surface area contributed by atoms with E-state index >= 15 is 0 Å². The molecule has 1 N–H and O–H groups in total. The molecule has 0 radical (unpaired) electrons. The molecule has 4 atom stereocenters. The SMILES string of the molecule is COC(=O)[C@@H]1N[C@H](c2ccc(Cl)cc2)[C@@]2(CCCC2=O)[C@H]1c1ccccc1. The van der Waals surface area contributed by atoms with E-state index in [0.717, 1.165) is 24.0 Å². The summed E-state index contributed by atoms with van der Waals surface area (Å²) in [6.45, 7) is 0. The topological polar surface area (TPSA) is 55.4 Å². The monoisotopic (exact) mass is 383 g/mol. The third kappa shape index (κ3) is 2.88. The van der Waals surface area contributed by atoms with Crippen LogP contribution in [0.4, 0.5) is 0 Å². The number of nitrogens with one attached hydrogen (secondary N) is 1. The average Bonchev–Trinajstić information content (AvgIpc) is 3.24. The fourth-order valence-electron chi connectivity index (χ4n) is 4.98. The van der Waals surface area contributed by atoms with Crippen molar-refractivity contribution in [3.8, 4) is 0 Å². The summed E-state index contributed by atoms with van der Waals surface area (Å²) in [7, 11) is 1.39. The van der Waals surface area contributed by atoms with Crippen LogP contribution < -0.4 is 5.32 Å². The summed E-state index contributed by atoms with van der Waals surface area (Å²) in [6, 6.07) is 16.6. The lowest BCUT2D eigenvalue weighted by Crippen LogP contribution is -2.38. The molecule has 4 rings (SSSR count). The highest BCUT2D eigenvalue weighted by Gasteiger charge is 2.63. The van der Waals surface area contributed by atoms with Gasteiger partial charge in [-0.3, -0.25) is 14.9 Å². The number of esters is 1. The van der Waals surface area contributed by atoms with Crippen LogP contribution in [0, 0.1) is 5.41 Å². The number of carbonyl (C=O) groups excluding carboxylic acids is 2. The van der Waals surface area contributed by atoms with Crippen molar-refractivity contribution in [3.63, 3.8) is 0 Å². The highest BCUT2D eigenvalue weighted by Crippen LogP contribution is 2.59. The summed E-state index contributed by atoms with van der Waals surface area (Å²) in [5, 5.41) is 4.10. The Morgan fingerprint density at radius 2 is 1.81 bits per heavy atom. The molecule has 2 aliphatic rings. The molecule has 0 aromatic heterocycles. The maximum absolute atomic E-state index is 13.3. The molecule has 2 aromatic carbocycles. The van der Waals surface area contributed by atoms with Crippen molar-refractivity contribution >= 4 is 23.4 Å². The molecule has 0 amide bonds. The standard InChI is InChI=1S/C22H22ClNO3/c1-27-21(26)19-18(14-6-3-2-4-7-14)22(13-5-8-17(22)25)20(24-19)15-9-11-16(23)12-10-15/h2-4,6-7,9-12,18-20,24H,5,8,13H2,1H3/t18-,19+,20+,22+/m0/s1. The van der Waals surface area contributed by atoms with Crippen LogP contribution in [0.25, 0.3) is 0 Å². The van der Waals surface area contributed by atoms with Crippen molar-refractivity contribution in [1.82, 2.24) is 5.32 Å². The summed E-state index contributed by atoms with van der Waals surface area (Å²) >= 11 is 6.06. The Kier molecular flexibility index (Phi) is 4.79. The third-order valence-electron chi connectivity index (χ3n) is 6.08. The van der Waals surface area contributed by atoms with E-state index in [2.05, 4.69) is 5.32 Å². The first kappa shape index (κ1) is 18.2. The molecule has 0 unspecified atom stereocenters. The second-order valence-corrected chi connectivity index (χ2v) is 7.79. The molecule has 5 heteroatoms. The van der Waals surface area contributed by atoms with Gasteiger partial charge in [0.1, 0.15) is 11.8 Å². The van der Waals surface area contributed by atoms with Gasteiger partial charge in [0.2, 0.25) is 0 Å². The van der Waals surface area contributed by atoms with Gasteiger partial charge in [0.25, 0.3) is 0 Å². The molecular weight excluding hydrogens is 362 g/mol. The Morgan fingerprint density at radius 3 is 2.41 bits per heavy atom. The second kappa shape index (κ2) is 7.10. The first-order chi connectivity index (χ1) is 13.1. The molecule has 2 aromatic rings. The second-order valence-electron chi connectivity index (χ2n) is 7.36. The van der Waals surface area contributed by atoms with E-state index in [9.17, 15) is 9.59 Å². The number of rotatable bonds is 3. The number of hydrogen-bond acceptors (Lipinski definition) is 4. The van der Waals surface area contributed by atoms with Crippen LogP contribution in [-0.2, 0) is 14.3 Å². The van der Waals surface area contributed by atoms with E-state index in [-0.39, 0.29) is 23.7 Å². The van der Waals surface area contributed by atoms with E-state index < -0.39 is 11.5 Å². The molecular formula is C22H22ClNO3. The van der Waals surface area contributed by atoms with E-state index in [1.807, 2.05) is 54.6 Å². The van der Waals surface area contributed by atoms with Gasteiger partial charge in [-0.05, 0) is 36.1 Å². The first-order valence-electron chi connectivity index (χ1n) is 9.25. The van der Waals surface area contributed by atoms with Gasteiger partial charge in [-0.1, -0.05) is 54.1 Å². The quantitative estimate of drug-likeness (QED) is 0.812. The summed E-state index contributed by atoms with van der Waals surface area (Å²) in [5.74, 6) is -0.378. The maximum Gasteiger partial charge on any atom is 0.323 e. The molecule has 1 spiro atoms. The predicted molar refractivity (Wildman–Crippen MR) is 104 cm³/mol. The molecule has 1 saturated heterocycles. The van der Waals surface area contributed by atoms with Gasteiger partial charge in [-0.15, -0.1) is 0 Å². The van der Waals surface area contributed by atoms with Crippen LogP contribution in [0.5, 0.6) is 0 Å². The molecule has 2 fully saturated rings. The van der Waals surface area contributed by atoms with Gasteiger partial charge in [-0.2, -0.15) is 0 Å². The van der Waals surface area contributed by atoms with Crippen molar-refractivity contribution in [2.24, 2.45) is 5.41 Å². The minimum absolute atomic E-state index is 0.218. The van der Waals surface area contributed by atoms with Crippen LogP contribution in [0.15, 0.2) is 54.6 Å². The zero-order valence-electron chi connectivity index (χ0n) is 15.2. The summed E-state index contributed by atoms with van der Waals surface area (Å²) in [5.41, 5.74) is 1.31. The van der Waals surface area contributed by atoms with Crippen LogP contribution in [0.1, 0.15) is 42.3 Å². The lowest BCUT2D eigenvalue weighted by atomic mass is 9.65. The highest BCUT2D eigenvalue weighted by molar-refractivity contribution is 6.30. The third-order valence-corrected chi connectivity index (χ3v) is 6.33. The first-order valence-corrected chi connectivity index (χ1v) is 9.63. The van der Waals surface area contributed by atoms with Gasteiger partial charge in [0.15, 0.2) is 0 Å². The van der Waals surface area contributed by atoms with E-state index in [1.54, 1.807) is 0 Å². The smallest absolute Gasteiger partial charge is 0.323 e. The Labute approximate surface area is 163 Å². The Hall–Kier alpha value is -2.17. The molecule has 140 valence electrons. The van der Waals surface area contributed by atoms with Crippen molar-refractivity contribution in [2.75, 3.05) is 7.11 Å². The minimum atomic E-state index is -0.659. The Balaban J connectivity index is 1.89. The summed E-state index contributed by atoms with van der Waals surface area (Å²) < 4.78 is 5.09. The van der Waals surface area contributed by atoms with Gasteiger partial charge < -0.3 is 4.74 Å². The lowest BCUT2D eigenvalue weighted by molar-refractivity contribution is -0.143. The van der Waals surface area contributed by atoms with Gasteiger partial charge in [-0.25, -0.2) is 0 Å². The van der Waals surface area contributed by atoms with Crippen LogP contribution in [0.3, 0.4) is 0 Å². The maximum atomic E-state index is 13.3. The molecule has 1 aliphatic carbocycles. The van der Waals surface area contributed by atoms with Crippen LogP contribution in [-0.4, -0.2) is 24.9 Å². The molecule has 1 aliphatic heterocycles. The van der Waals surface area contributed by atoms with Gasteiger partial charge in [0.05, 0.1) is 12.5 Å². The number of halogens is 1. The summed E-state index contributed by atoms with van der Waals surface area (Å²) in [6.07, 6.45) is 2.13. The molecule has 4 nitrogen and oxygen atoms in total. The molecule has 27 heavy (non-hydrogen) atoms. The molecule has 1 saturated carbocycles.